The normalized spacial score (nSPS) is 10.5. The number of hydrogen-bond donors (Lipinski definition) is 2. The average Bonchev–Trinajstić information content (AvgIpc) is 2.18. The lowest BCUT2D eigenvalue weighted by Gasteiger charge is -2.09. The summed E-state index contributed by atoms with van der Waals surface area (Å²) in [5, 5.41) is 6.07. The number of aryl methyl sites for hydroxylation is 1. The van der Waals surface area contributed by atoms with Crippen molar-refractivity contribution in [2.24, 2.45) is 0 Å². The highest BCUT2D eigenvalue weighted by Gasteiger charge is 2.02. The van der Waals surface area contributed by atoms with E-state index in [0.717, 1.165) is 0 Å². The average molecular weight is 156 g/mol. The van der Waals surface area contributed by atoms with Gasteiger partial charge in [0.2, 0.25) is 0 Å². The molecule has 0 atom stereocenters. The predicted octanol–water partition coefficient (Wildman–Crippen LogP) is -0.168. The van der Waals surface area contributed by atoms with Gasteiger partial charge >= 0.3 is 5.69 Å². The number of rotatable bonds is 2. The summed E-state index contributed by atoms with van der Waals surface area (Å²) in [5.74, 6) is 0.642. The maximum Gasteiger partial charge on any atom is 0.362 e. The molecule has 2 N–H and O–H groups in total. The first kappa shape index (κ1) is 7.84. The summed E-state index contributed by atoms with van der Waals surface area (Å²) in [6, 6.07) is 0.226. The molecular weight excluding hydrogens is 144 g/mol. The maximum atomic E-state index is 11.0. The second-order valence-electron chi connectivity index (χ2n) is 2.70. The van der Waals surface area contributed by atoms with E-state index >= 15 is 0 Å². The maximum absolute atomic E-state index is 11.0. The molecule has 0 aliphatic carbocycles. The standard InChI is InChI=1S/C6H12N4O/c1-4(2)9-10-5(3)7-8-6(10)11/h4,9H,1-3H3,(H,8,11). The zero-order chi connectivity index (χ0) is 8.43. The summed E-state index contributed by atoms with van der Waals surface area (Å²) in [6.45, 7) is 5.67. The molecule has 0 saturated heterocycles. The summed E-state index contributed by atoms with van der Waals surface area (Å²) in [5.41, 5.74) is 2.71. The molecule has 0 amide bonds. The Hall–Kier alpha value is -1.26. The van der Waals surface area contributed by atoms with Crippen molar-refractivity contribution in [3.63, 3.8) is 0 Å². The minimum absolute atomic E-state index is 0.226. The third kappa shape index (κ3) is 1.60. The number of aromatic nitrogens is 3. The van der Waals surface area contributed by atoms with Crippen molar-refractivity contribution in [1.82, 2.24) is 14.9 Å². The minimum atomic E-state index is -0.226. The van der Waals surface area contributed by atoms with Crippen LogP contribution in [0.4, 0.5) is 0 Å². The first-order valence-electron chi connectivity index (χ1n) is 3.52. The topological polar surface area (TPSA) is 62.7 Å². The molecule has 0 saturated carbocycles. The molecule has 5 nitrogen and oxygen atoms in total. The molecule has 11 heavy (non-hydrogen) atoms. The van der Waals surface area contributed by atoms with Crippen LogP contribution in [-0.2, 0) is 0 Å². The van der Waals surface area contributed by atoms with Gasteiger partial charge in [-0.3, -0.25) is 0 Å². The van der Waals surface area contributed by atoms with Gasteiger partial charge in [0.15, 0.2) is 0 Å². The van der Waals surface area contributed by atoms with Crippen LogP contribution in [-0.4, -0.2) is 20.9 Å². The molecule has 0 fully saturated rings. The molecule has 0 spiro atoms. The summed E-state index contributed by atoms with van der Waals surface area (Å²) in [7, 11) is 0. The number of nitrogens with zero attached hydrogens (tertiary/aromatic N) is 2. The number of nitrogens with one attached hydrogen (secondary N) is 2. The van der Waals surface area contributed by atoms with Crippen LogP contribution in [0.25, 0.3) is 0 Å². The second kappa shape index (κ2) is 2.77. The molecule has 0 aliphatic heterocycles. The van der Waals surface area contributed by atoms with Gasteiger partial charge in [-0.2, -0.15) is 9.77 Å². The molecule has 1 heterocycles. The fourth-order valence-corrected chi connectivity index (χ4v) is 0.786. The van der Waals surface area contributed by atoms with Crippen molar-refractivity contribution in [3.05, 3.63) is 16.3 Å². The van der Waals surface area contributed by atoms with Gasteiger partial charge in [-0.15, -0.1) is 0 Å². The molecule has 1 aromatic heterocycles. The Bertz CT molecular complexity index is 285. The Kier molecular flexibility index (Phi) is 1.98. The third-order valence-electron chi connectivity index (χ3n) is 1.23. The first-order chi connectivity index (χ1) is 5.11. The van der Waals surface area contributed by atoms with Crippen LogP contribution in [0, 0.1) is 6.92 Å². The summed E-state index contributed by atoms with van der Waals surface area (Å²) < 4.78 is 1.39. The summed E-state index contributed by atoms with van der Waals surface area (Å²) in [4.78, 5) is 11.0. The first-order valence-corrected chi connectivity index (χ1v) is 3.52. The molecule has 1 aromatic rings. The molecule has 62 valence electrons. The van der Waals surface area contributed by atoms with Crippen LogP contribution < -0.4 is 11.1 Å². The SMILES string of the molecule is Cc1n[nH]c(=O)n1NC(C)C. The van der Waals surface area contributed by atoms with Gasteiger partial charge in [-0.25, -0.2) is 9.89 Å². The van der Waals surface area contributed by atoms with Gasteiger partial charge < -0.3 is 5.43 Å². The predicted molar refractivity (Wildman–Crippen MR) is 42.1 cm³/mol. The van der Waals surface area contributed by atoms with E-state index in [1.165, 1.54) is 4.68 Å². The van der Waals surface area contributed by atoms with Crippen LogP contribution in [0.15, 0.2) is 4.79 Å². The highest BCUT2D eigenvalue weighted by molar-refractivity contribution is 4.87. The molecule has 0 aliphatic rings. The van der Waals surface area contributed by atoms with Gasteiger partial charge in [0.05, 0.1) is 0 Å². The lowest BCUT2D eigenvalue weighted by Crippen LogP contribution is -2.32. The Balaban J connectivity index is 2.92. The van der Waals surface area contributed by atoms with Gasteiger partial charge in [-0.1, -0.05) is 0 Å². The van der Waals surface area contributed by atoms with Crippen molar-refractivity contribution < 1.29 is 0 Å². The molecule has 5 heteroatoms. The van der Waals surface area contributed by atoms with Crippen LogP contribution in [0.1, 0.15) is 19.7 Å². The minimum Gasteiger partial charge on any atom is -0.318 e. The Morgan fingerprint density at radius 1 is 1.64 bits per heavy atom. The van der Waals surface area contributed by atoms with Gasteiger partial charge in [-0.05, 0) is 20.8 Å². The molecule has 0 aromatic carbocycles. The van der Waals surface area contributed by atoms with E-state index in [1.54, 1.807) is 6.92 Å². The third-order valence-corrected chi connectivity index (χ3v) is 1.23. The van der Waals surface area contributed by atoms with Crippen molar-refractivity contribution in [1.29, 1.82) is 0 Å². The Morgan fingerprint density at radius 2 is 2.27 bits per heavy atom. The van der Waals surface area contributed by atoms with Crippen molar-refractivity contribution in [2.45, 2.75) is 26.8 Å². The lowest BCUT2D eigenvalue weighted by atomic mass is 10.4. The van der Waals surface area contributed by atoms with Crippen molar-refractivity contribution in [2.75, 3.05) is 5.43 Å². The molecule has 0 radical (unpaired) electrons. The molecule has 0 bridgehead atoms. The van der Waals surface area contributed by atoms with E-state index in [2.05, 4.69) is 15.6 Å². The fraction of sp³-hybridized carbons (Fsp3) is 0.667. The second-order valence-corrected chi connectivity index (χ2v) is 2.70. The van der Waals surface area contributed by atoms with Crippen molar-refractivity contribution >= 4 is 0 Å². The Labute approximate surface area is 64.4 Å². The van der Waals surface area contributed by atoms with Crippen LogP contribution >= 0.6 is 0 Å². The monoisotopic (exact) mass is 156 g/mol. The van der Waals surface area contributed by atoms with E-state index in [0.29, 0.717) is 5.82 Å². The van der Waals surface area contributed by atoms with Crippen LogP contribution in [0.3, 0.4) is 0 Å². The molecular formula is C6H12N4O. The lowest BCUT2D eigenvalue weighted by molar-refractivity contribution is 0.700. The van der Waals surface area contributed by atoms with Crippen LogP contribution in [0.2, 0.25) is 0 Å². The zero-order valence-corrected chi connectivity index (χ0v) is 6.88. The van der Waals surface area contributed by atoms with E-state index in [1.807, 2.05) is 13.8 Å². The highest BCUT2D eigenvalue weighted by Crippen LogP contribution is 1.85. The largest absolute Gasteiger partial charge is 0.362 e. The van der Waals surface area contributed by atoms with E-state index in [-0.39, 0.29) is 11.7 Å². The van der Waals surface area contributed by atoms with E-state index in [4.69, 9.17) is 0 Å². The smallest absolute Gasteiger partial charge is 0.318 e. The summed E-state index contributed by atoms with van der Waals surface area (Å²) >= 11 is 0. The van der Waals surface area contributed by atoms with Gasteiger partial charge in [0.25, 0.3) is 0 Å². The van der Waals surface area contributed by atoms with Crippen molar-refractivity contribution in [3.8, 4) is 0 Å². The molecule has 0 unspecified atom stereocenters. The number of hydrogen-bond acceptors (Lipinski definition) is 3. The number of H-pyrrole nitrogens is 1. The van der Waals surface area contributed by atoms with Gasteiger partial charge in [0.1, 0.15) is 5.82 Å². The quantitative estimate of drug-likeness (QED) is 0.625. The van der Waals surface area contributed by atoms with Crippen LogP contribution in [0.5, 0.6) is 0 Å². The van der Waals surface area contributed by atoms with Gasteiger partial charge in [0, 0.05) is 6.04 Å². The fourth-order valence-electron chi connectivity index (χ4n) is 0.786. The highest BCUT2D eigenvalue weighted by atomic mass is 16.2. The number of aromatic amines is 1. The molecule has 1 rings (SSSR count). The van der Waals surface area contributed by atoms with E-state index in [9.17, 15) is 4.79 Å². The summed E-state index contributed by atoms with van der Waals surface area (Å²) in [6.07, 6.45) is 0. The zero-order valence-electron chi connectivity index (χ0n) is 6.88. The Morgan fingerprint density at radius 3 is 2.64 bits per heavy atom. The van der Waals surface area contributed by atoms with E-state index < -0.39 is 0 Å².